The Balaban J connectivity index is 2.21. The van der Waals surface area contributed by atoms with Crippen molar-refractivity contribution >= 4 is 87.4 Å². The highest BCUT2D eigenvalue weighted by Gasteiger charge is 2.20. The maximum atomic E-state index is 6.19. The lowest BCUT2D eigenvalue weighted by molar-refractivity contribution is 0.138. The van der Waals surface area contributed by atoms with Gasteiger partial charge in [-0.1, -0.05) is 86.4 Å². The van der Waals surface area contributed by atoms with E-state index in [1.54, 1.807) is 12.1 Å². The van der Waals surface area contributed by atoms with Crippen LogP contribution in [0.3, 0.4) is 0 Å². The first-order chi connectivity index (χ1) is 13.7. The molecule has 0 atom stereocenters. The van der Waals surface area contributed by atoms with E-state index in [4.69, 9.17) is 100 Å². The standard InChI is InChI=1S/C17H18Cl7NO4/c18-13-9-12(27-7-3-15(20)21)10-14(19)16(13)28-6-2-1-5-26-8-4-25-29-11-17(22,23)24/h3-4,9-10H,1-2,5-8,11H2/b25-4+. The summed E-state index contributed by atoms with van der Waals surface area (Å²) in [7, 11) is 0. The zero-order valence-corrected chi connectivity index (χ0v) is 20.3. The van der Waals surface area contributed by atoms with E-state index >= 15 is 0 Å². The van der Waals surface area contributed by atoms with E-state index in [2.05, 4.69) is 5.16 Å². The van der Waals surface area contributed by atoms with Gasteiger partial charge in [0.1, 0.15) is 16.8 Å². The molecule has 164 valence electrons. The molecule has 0 radical (unpaired) electrons. The van der Waals surface area contributed by atoms with E-state index in [0.717, 1.165) is 12.8 Å². The van der Waals surface area contributed by atoms with Crippen molar-refractivity contribution in [2.45, 2.75) is 16.6 Å². The van der Waals surface area contributed by atoms with Crippen LogP contribution in [0.25, 0.3) is 0 Å². The first-order valence-corrected chi connectivity index (χ1v) is 10.9. The molecule has 1 rings (SSSR count). The van der Waals surface area contributed by atoms with Gasteiger partial charge >= 0.3 is 0 Å². The predicted molar refractivity (Wildman–Crippen MR) is 122 cm³/mol. The van der Waals surface area contributed by atoms with Crippen LogP contribution in [0.4, 0.5) is 0 Å². The molecule has 0 unspecified atom stereocenters. The van der Waals surface area contributed by atoms with Crippen molar-refractivity contribution in [3.05, 3.63) is 32.7 Å². The van der Waals surface area contributed by atoms with Gasteiger partial charge < -0.3 is 19.0 Å². The van der Waals surface area contributed by atoms with Gasteiger partial charge in [0.05, 0.1) is 29.5 Å². The zero-order valence-electron chi connectivity index (χ0n) is 15.0. The summed E-state index contributed by atoms with van der Waals surface area (Å²) in [4.78, 5) is 4.78. The average molecular weight is 549 g/mol. The lowest BCUT2D eigenvalue weighted by atomic mass is 10.3. The SMILES string of the molecule is ClC(Cl)=CCOc1cc(Cl)c(OCCCCOC/C=N/OCC(Cl)(Cl)Cl)c(Cl)c1. The monoisotopic (exact) mass is 545 g/mol. The molecule has 0 saturated heterocycles. The minimum atomic E-state index is -1.49. The minimum Gasteiger partial charge on any atom is -0.490 e. The maximum absolute atomic E-state index is 6.19. The second-order valence-corrected chi connectivity index (χ2v) is 9.67. The van der Waals surface area contributed by atoms with Crippen LogP contribution in [0.2, 0.25) is 10.0 Å². The first kappa shape index (κ1) is 27.1. The van der Waals surface area contributed by atoms with Crippen LogP contribution in [0.5, 0.6) is 11.5 Å². The third kappa shape index (κ3) is 13.8. The zero-order chi connectivity index (χ0) is 21.7. The Bertz CT molecular complexity index is 653. The first-order valence-electron chi connectivity index (χ1n) is 8.23. The van der Waals surface area contributed by atoms with Crippen molar-refractivity contribution in [3.8, 4) is 11.5 Å². The molecule has 1 aromatic carbocycles. The largest absolute Gasteiger partial charge is 0.490 e. The van der Waals surface area contributed by atoms with Crippen LogP contribution in [-0.4, -0.2) is 43.0 Å². The van der Waals surface area contributed by atoms with Gasteiger partial charge in [-0.15, -0.1) is 0 Å². The number of halogens is 7. The molecule has 0 fully saturated rings. The van der Waals surface area contributed by atoms with Gasteiger partial charge in [-0.3, -0.25) is 0 Å². The predicted octanol–water partition coefficient (Wildman–Crippen LogP) is 7.24. The highest BCUT2D eigenvalue weighted by molar-refractivity contribution is 6.67. The van der Waals surface area contributed by atoms with Gasteiger partial charge in [0.25, 0.3) is 0 Å². The summed E-state index contributed by atoms with van der Waals surface area (Å²) in [6.07, 6.45) is 4.45. The van der Waals surface area contributed by atoms with Crippen LogP contribution in [0.1, 0.15) is 12.8 Å². The summed E-state index contributed by atoms with van der Waals surface area (Å²) in [6, 6.07) is 3.21. The minimum absolute atomic E-state index is 0.117. The average Bonchev–Trinajstić information content (AvgIpc) is 2.60. The molecule has 0 amide bonds. The fraction of sp³-hybridized carbons (Fsp3) is 0.471. The second kappa shape index (κ2) is 14.9. The normalized spacial score (nSPS) is 11.6. The Hall–Kier alpha value is 0.0200. The molecule has 0 aromatic heterocycles. The van der Waals surface area contributed by atoms with Crippen LogP contribution in [0, 0.1) is 0 Å². The molecular formula is C17H18Cl7NO4. The number of benzene rings is 1. The fourth-order valence-corrected chi connectivity index (χ4v) is 2.62. The third-order valence-corrected chi connectivity index (χ3v) is 4.16. The van der Waals surface area contributed by atoms with E-state index in [-0.39, 0.29) is 24.3 Å². The fourth-order valence-electron chi connectivity index (χ4n) is 1.77. The van der Waals surface area contributed by atoms with Gasteiger partial charge in [0.15, 0.2) is 12.4 Å². The second-order valence-electron chi connectivity index (χ2n) is 5.33. The summed E-state index contributed by atoms with van der Waals surface area (Å²) in [5.74, 6) is 0.872. The number of unbranched alkanes of at least 4 members (excludes halogenated alkanes) is 1. The Morgan fingerprint density at radius 1 is 0.966 bits per heavy atom. The number of alkyl halides is 3. The van der Waals surface area contributed by atoms with Gasteiger partial charge in [0.2, 0.25) is 3.79 Å². The Morgan fingerprint density at radius 3 is 2.24 bits per heavy atom. The van der Waals surface area contributed by atoms with Crippen molar-refractivity contribution < 1.29 is 19.0 Å². The van der Waals surface area contributed by atoms with E-state index in [1.165, 1.54) is 12.3 Å². The molecule has 12 heteroatoms. The number of ether oxygens (including phenoxy) is 3. The molecule has 0 spiro atoms. The van der Waals surface area contributed by atoms with Gasteiger partial charge in [-0.25, -0.2) is 0 Å². The lowest BCUT2D eigenvalue weighted by Gasteiger charge is -2.12. The van der Waals surface area contributed by atoms with Crippen LogP contribution < -0.4 is 9.47 Å². The molecule has 0 aliphatic carbocycles. The smallest absolute Gasteiger partial charge is 0.226 e. The summed E-state index contributed by atoms with van der Waals surface area (Å²) in [6.45, 7) is 1.28. The third-order valence-electron chi connectivity index (χ3n) is 2.96. The van der Waals surface area contributed by atoms with Gasteiger partial charge in [0, 0.05) is 18.7 Å². The van der Waals surface area contributed by atoms with E-state index < -0.39 is 3.79 Å². The summed E-state index contributed by atoms with van der Waals surface area (Å²) >= 11 is 39.9. The van der Waals surface area contributed by atoms with Gasteiger partial charge in [-0.05, 0) is 18.9 Å². The van der Waals surface area contributed by atoms with Crippen molar-refractivity contribution in [1.29, 1.82) is 0 Å². The number of oxime groups is 1. The highest BCUT2D eigenvalue weighted by Crippen LogP contribution is 2.37. The topological polar surface area (TPSA) is 49.3 Å². The maximum Gasteiger partial charge on any atom is 0.226 e. The molecule has 0 bridgehead atoms. The van der Waals surface area contributed by atoms with E-state index in [9.17, 15) is 0 Å². The number of rotatable bonds is 13. The molecule has 0 aliphatic heterocycles. The molecule has 1 aromatic rings. The summed E-state index contributed by atoms with van der Waals surface area (Å²) in [5, 5.41) is 4.29. The molecule has 0 N–H and O–H groups in total. The van der Waals surface area contributed by atoms with Crippen LogP contribution in [-0.2, 0) is 9.57 Å². The molecule has 0 saturated carbocycles. The summed E-state index contributed by atoms with van der Waals surface area (Å²) < 4.78 is 15.1. The molecule has 0 heterocycles. The van der Waals surface area contributed by atoms with E-state index in [1.807, 2.05) is 0 Å². The number of hydrogen-bond donors (Lipinski definition) is 0. The van der Waals surface area contributed by atoms with Crippen molar-refractivity contribution in [1.82, 2.24) is 0 Å². The van der Waals surface area contributed by atoms with Crippen molar-refractivity contribution in [2.24, 2.45) is 5.16 Å². The lowest BCUT2D eigenvalue weighted by Crippen LogP contribution is -2.10. The highest BCUT2D eigenvalue weighted by atomic mass is 35.6. The Labute approximate surface area is 204 Å². The Morgan fingerprint density at radius 2 is 1.62 bits per heavy atom. The van der Waals surface area contributed by atoms with Gasteiger partial charge in [-0.2, -0.15) is 0 Å². The van der Waals surface area contributed by atoms with Crippen LogP contribution >= 0.6 is 81.2 Å². The Kier molecular flexibility index (Phi) is 13.9. The number of nitrogens with zero attached hydrogens (tertiary/aromatic N) is 1. The summed E-state index contributed by atoms with van der Waals surface area (Å²) in [5.41, 5.74) is 0. The van der Waals surface area contributed by atoms with Crippen LogP contribution in [0.15, 0.2) is 27.9 Å². The van der Waals surface area contributed by atoms with Crippen molar-refractivity contribution in [3.63, 3.8) is 0 Å². The quantitative estimate of drug-likeness (QED) is 0.113. The van der Waals surface area contributed by atoms with E-state index in [0.29, 0.717) is 34.8 Å². The molecule has 29 heavy (non-hydrogen) atoms. The molecule has 0 aliphatic rings. The number of hydrogen-bond acceptors (Lipinski definition) is 5. The van der Waals surface area contributed by atoms with Crippen molar-refractivity contribution in [2.75, 3.05) is 33.0 Å². The molecule has 5 nitrogen and oxygen atoms in total. The molecular weight excluding hydrogens is 530 g/mol.